The van der Waals surface area contributed by atoms with Crippen molar-refractivity contribution in [2.75, 3.05) is 13.1 Å². The molecule has 26 heavy (non-hydrogen) atoms. The van der Waals surface area contributed by atoms with Gasteiger partial charge in [-0.3, -0.25) is 9.59 Å². The zero-order valence-electron chi connectivity index (χ0n) is 15.2. The second-order valence-corrected chi connectivity index (χ2v) is 7.11. The van der Waals surface area contributed by atoms with Crippen molar-refractivity contribution in [1.29, 1.82) is 0 Å². The number of piperidine rings is 1. The van der Waals surface area contributed by atoms with Gasteiger partial charge >= 0.3 is 0 Å². The maximum absolute atomic E-state index is 13.1. The Morgan fingerprint density at radius 3 is 2.38 bits per heavy atom. The second kappa shape index (κ2) is 8.65. The molecule has 1 N–H and O–H groups in total. The largest absolute Gasteiger partial charge is 0.341 e. The van der Waals surface area contributed by atoms with E-state index in [1.165, 1.54) is 0 Å². The van der Waals surface area contributed by atoms with E-state index < -0.39 is 6.04 Å². The van der Waals surface area contributed by atoms with Gasteiger partial charge in [-0.25, -0.2) is 0 Å². The lowest BCUT2D eigenvalue weighted by Crippen LogP contribution is -2.52. The number of benzene rings is 2. The molecular weight excluding hydrogens is 324 g/mol. The summed E-state index contributed by atoms with van der Waals surface area (Å²) in [6.45, 7) is 3.72. The molecule has 0 spiro atoms. The fourth-order valence-electron chi connectivity index (χ4n) is 3.49. The van der Waals surface area contributed by atoms with Gasteiger partial charge in [-0.05, 0) is 36.5 Å². The Kier molecular flexibility index (Phi) is 6.05. The van der Waals surface area contributed by atoms with E-state index in [1.54, 1.807) is 12.1 Å². The summed E-state index contributed by atoms with van der Waals surface area (Å²) in [5.74, 6) is 0.324. The van der Waals surface area contributed by atoms with Crippen LogP contribution in [0.4, 0.5) is 0 Å². The number of carbonyl (C=O) groups excluding carboxylic acids is 2. The van der Waals surface area contributed by atoms with Crippen molar-refractivity contribution < 1.29 is 9.59 Å². The Labute approximate surface area is 155 Å². The first kappa shape index (κ1) is 18.2. The summed E-state index contributed by atoms with van der Waals surface area (Å²) >= 11 is 0. The molecule has 2 atom stereocenters. The van der Waals surface area contributed by atoms with Gasteiger partial charge in [0.25, 0.3) is 5.91 Å². The monoisotopic (exact) mass is 350 g/mol. The average molecular weight is 350 g/mol. The van der Waals surface area contributed by atoms with Gasteiger partial charge in [0, 0.05) is 25.1 Å². The van der Waals surface area contributed by atoms with Crippen LogP contribution in [0.5, 0.6) is 0 Å². The van der Waals surface area contributed by atoms with Crippen molar-refractivity contribution >= 4 is 11.8 Å². The third kappa shape index (κ3) is 4.72. The molecule has 0 saturated carbocycles. The molecule has 136 valence electrons. The molecule has 1 saturated heterocycles. The quantitative estimate of drug-likeness (QED) is 0.900. The van der Waals surface area contributed by atoms with Crippen molar-refractivity contribution in [3.8, 4) is 0 Å². The Bertz CT molecular complexity index is 730. The standard InChI is InChI=1S/C22H26N2O2/c1-17-9-8-14-24(16-17)22(26)20(15-18-10-4-2-5-11-18)23-21(25)19-12-6-3-7-13-19/h2-7,10-13,17,20H,8-9,14-16H2,1H3,(H,23,25)/t17-,20+/m0/s1. The van der Waals surface area contributed by atoms with Crippen molar-refractivity contribution in [2.24, 2.45) is 5.92 Å². The lowest BCUT2D eigenvalue weighted by molar-refractivity contribution is -0.134. The molecule has 0 unspecified atom stereocenters. The molecule has 1 fully saturated rings. The van der Waals surface area contributed by atoms with E-state index in [1.807, 2.05) is 53.4 Å². The van der Waals surface area contributed by atoms with E-state index in [9.17, 15) is 9.59 Å². The van der Waals surface area contributed by atoms with Gasteiger partial charge in [0.15, 0.2) is 0 Å². The molecule has 1 aliphatic rings. The van der Waals surface area contributed by atoms with Crippen LogP contribution in [-0.2, 0) is 11.2 Å². The van der Waals surface area contributed by atoms with Crippen LogP contribution in [0.25, 0.3) is 0 Å². The number of hydrogen-bond acceptors (Lipinski definition) is 2. The molecule has 4 heteroatoms. The molecular formula is C22H26N2O2. The van der Waals surface area contributed by atoms with Crippen LogP contribution in [0, 0.1) is 5.92 Å². The molecule has 0 aromatic heterocycles. The smallest absolute Gasteiger partial charge is 0.251 e. The minimum absolute atomic E-state index is 0.0182. The summed E-state index contributed by atoms with van der Waals surface area (Å²) in [6, 6.07) is 18.4. The van der Waals surface area contributed by atoms with Crippen LogP contribution < -0.4 is 5.32 Å². The number of nitrogens with zero attached hydrogens (tertiary/aromatic N) is 1. The highest BCUT2D eigenvalue weighted by atomic mass is 16.2. The molecule has 1 heterocycles. The summed E-state index contributed by atoms with van der Waals surface area (Å²) < 4.78 is 0. The summed E-state index contributed by atoms with van der Waals surface area (Å²) in [4.78, 5) is 27.7. The summed E-state index contributed by atoms with van der Waals surface area (Å²) in [5, 5.41) is 2.96. The van der Waals surface area contributed by atoms with Crippen LogP contribution in [0.2, 0.25) is 0 Å². The maximum Gasteiger partial charge on any atom is 0.251 e. The molecule has 0 bridgehead atoms. The zero-order chi connectivity index (χ0) is 18.4. The molecule has 2 aromatic carbocycles. The molecule has 0 radical (unpaired) electrons. The summed E-state index contributed by atoms with van der Waals surface area (Å²) in [6.07, 6.45) is 2.68. The van der Waals surface area contributed by atoms with Gasteiger partial charge in [0.05, 0.1) is 0 Å². The highest BCUT2D eigenvalue weighted by molar-refractivity contribution is 5.97. The minimum Gasteiger partial charge on any atom is -0.341 e. The minimum atomic E-state index is -0.546. The van der Waals surface area contributed by atoms with Crippen LogP contribution in [0.3, 0.4) is 0 Å². The summed E-state index contributed by atoms with van der Waals surface area (Å²) in [5.41, 5.74) is 1.62. The third-order valence-corrected chi connectivity index (χ3v) is 4.89. The SMILES string of the molecule is C[C@H]1CCCN(C(=O)[C@@H](Cc2ccccc2)NC(=O)c2ccccc2)C1. The van der Waals surface area contributed by atoms with Crippen molar-refractivity contribution in [2.45, 2.75) is 32.2 Å². The third-order valence-electron chi connectivity index (χ3n) is 4.89. The van der Waals surface area contributed by atoms with Crippen LogP contribution in [0.15, 0.2) is 60.7 Å². The maximum atomic E-state index is 13.1. The Morgan fingerprint density at radius 1 is 1.08 bits per heavy atom. The van der Waals surface area contributed by atoms with Crippen LogP contribution in [-0.4, -0.2) is 35.8 Å². The van der Waals surface area contributed by atoms with E-state index >= 15 is 0 Å². The topological polar surface area (TPSA) is 49.4 Å². The van der Waals surface area contributed by atoms with E-state index in [0.29, 0.717) is 17.9 Å². The van der Waals surface area contributed by atoms with Crippen LogP contribution in [0.1, 0.15) is 35.7 Å². The molecule has 1 aliphatic heterocycles. The molecule has 2 amide bonds. The number of hydrogen-bond donors (Lipinski definition) is 1. The number of rotatable bonds is 5. The lowest BCUT2D eigenvalue weighted by Gasteiger charge is -2.34. The van der Waals surface area contributed by atoms with Crippen LogP contribution >= 0.6 is 0 Å². The Hall–Kier alpha value is -2.62. The van der Waals surface area contributed by atoms with Crippen molar-refractivity contribution in [3.63, 3.8) is 0 Å². The van der Waals surface area contributed by atoms with Gasteiger partial charge in [0.1, 0.15) is 6.04 Å². The van der Waals surface area contributed by atoms with E-state index in [-0.39, 0.29) is 11.8 Å². The Morgan fingerprint density at radius 2 is 1.73 bits per heavy atom. The molecule has 3 rings (SSSR count). The predicted octanol–water partition coefficient (Wildman–Crippen LogP) is 3.29. The number of likely N-dealkylation sites (tertiary alicyclic amines) is 1. The van der Waals surface area contributed by atoms with Gasteiger partial charge in [-0.1, -0.05) is 55.5 Å². The normalized spacial score (nSPS) is 18.2. The van der Waals surface area contributed by atoms with E-state index in [0.717, 1.165) is 31.5 Å². The second-order valence-electron chi connectivity index (χ2n) is 7.11. The van der Waals surface area contributed by atoms with Crippen molar-refractivity contribution in [1.82, 2.24) is 10.2 Å². The lowest BCUT2D eigenvalue weighted by atomic mass is 9.98. The fourth-order valence-corrected chi connectivity index (χ4v) is 3.49. The first-order chi connectivity index (χ1) is 12.6. The van der Waals surface area contributed by atoms with E-state index in [2.05, 4.69) is 12.2 Å². The van der Waals surface area contributed by atoms with E-state index in [4.69, 9.17) is 0 Å². The molecule has 4 nitrogen and oxygen atoms in total. The predicted molar refractivity (Wildman–Crippen MR) is 103 cm³/mol. The number of nitrogens with one attached hydrogen (secondary N) is 1. The molecule has 0 aliphatic carbocycles. The van der Waals surface area contributed by atoms with Gasteiger partial charge < -0.3 is 10.2 Å². The van der Waals surface area contributed by atoms with Crippen molar-refractivity contribution in [3.05, 3.63) is 71.8 Å². The Balaban J connectivity index is 1.76. The summed E-state index contributed by atoms with van der Waals surface area (Å²) in [7, 11) is 0. The highest BCUT2D eigenvalue weighted by Crippen LogP contribution is 2.17. The zero-order valence-corrected chi connectivity index (χ0v) is 15.2. The van der Waals surface area contributed by atoms with Gasteiger partial charge in [-0.15, -0.1) is 0 Å². The van der Waals surface area contributed by atoms with Gasteiger partial charge in [0.2, 0.25) is 5.91 Å². The average Bonchev–Trinajstić information content (AvgIpc) is 2.68. The first-order valence-electron chi connectivity index (χ1n) is 9.32. The number of carbonyl (C=O) groups is 2. The fraction of sp³-hybridized carbons (Fsp3) is 0.364. The van der Waals surface area contributed by atoms with Gasteiger partial charge in [-0.2, -0.15) is 0 Å². The molecule has 2 aromatic rings. The number of amides is 2. The first-order valence-corrected chi connectivity index (χ1v) is 9.32. The highest BCUT2D eigenvalue weighted by Gasteiger charge is 2.29.